The number of aliphatic carboxylic acids is 1. The van der Waals surface area contributed by atoms with Crippen molar-refractivity contribution in [1.82, 2.24) is 0 Å². The Labute approximate surface area is 146 Å². The van der Waals surface area contributed by atoms with Crippen LogP contribution in [0, 0.1) is 11.8 Å². The van der Waals surface area contributed by atoms with Crippen molar-refractivity contribution in [3.63, 3.8) is 0 Å². The van der Waals surface area contributed by atoms with Gasteiger partial charge in [-0.25, -0.2) is 0 Å². The van der Waals surface area contributed by atoms with Gasteiger partial charge in [0.1, 0.15) is 0 Å². The molecule has 0 aromatic heterocycles. The van der Waals surface area contributed by atoms with Crippen LogP contribution in [0.15, 0.2) is 12.2 Å². The van der Waals surface area contributed by atoms with Gasteiger partial charge in [0.05, 0.1) is 6.42 Å². The molecule has 0 aliphatic carbocycles. The van der Waals surface area contributed by atoms with Crippen LogP contribution in [0.2, 0.25) is 0 Å². The van der Waals surface area contributed by atoms with Crippen molar-refractivity contribution in [2.45, 2.75) is 46.5 Å². The van der Waals surface area contributed by atoms with Crippen molar-refractivity contribution in [2.24, 2.45) is 11.8 Å². The van der Waals surface area contributed by atoms with Gasteiger partial charge in [0.15, 0.2) is 5.78 Å². The monoisotopic (exact) mass is 266 g/mol. The quantitative estimate of drug-likeness (QED) is 0.542. The maximum atomic E-state index is 11.7. The molecule has 0 aliphatic heterocycles. The summed E-state index contributed by atoms with van der Waals surface area (Å²) in [6.45, 7) is 5.92. The summed E-state index contributed by atoms with van der Waals surface area (Å²) >= 11 is 0. The second-order valence-corrected chi connectivity index (χ2v) is 4.04. The van der Waals surface area contributed by atoms with Crippen LogP contribution in [-0.2, 0) is 9.59 Å². The summed E-state index contributed by atoms with van der Waals surface area (Å²) in [7, 11) is 0. The number of rotatable bonds is 8. The van der Waals surface area contributed by atoms with Crippen molar-refractivity contribution in [3.8, 4) is 0 Å². The van der Waals surface area contributed by atoms with E-state index < -0.39 is 5.97 Å². The average Bonchev–Trinajstić information content (AvgIpc) is 2.25. The van der Waals surface area contributed by atoms with E-state index in [1.807, 2.05) is 20.8 Å². The number of carbonyl (C=O) groups excluding carboxylic acids is 1. The van der Waals surface area contributed by atoms with Crippen LogP contribution >= 0.6 is 0 Å². The summed E-state index contributed by atoms with van der Waals surface area (Å²) in [5.74, 6) is -0.644. The summed E-state index contributed by atoms with van der Waals surface area (Å²) in [6, 6.07) is 0. The first-order valence-corrected chi connectivity index (χ1v) is 5.98. The zero-order valence-electron chi connectivity index (χ0n) is 10.4. The Balaban J connectivity index is 0. The Hall–Kier alpha value is 0.516. The Morgan fingerprint density at radius 2 is 1.65 bits per heavy atom. The van der Waals surface area contributed by atoms with E-state index in [1.54, 1.807) is 12.2 Å². The van der Waals surface area contributed by atoms with E-state index in [9.17, 15) is 9.59 Å². The van der Waals surface area contributed by atoms with Crippen molar-refractivity contribution in [1.29, 1.82) is 0 Å². The van der Waals surface area contributed by atoms with E-state index in [2.05, 4.69) is 0 Å². The van der Waals surface area contributed by atoms with Crippen LogP contribution in [0.25, 0.3) is 0 Å². The van der Waals surface area contributed by atoms with Crippen molar-refractivity contribution in [2.75, 3.05) is 0 Å². The third-order valence-electron chi connectivity index (χ3n) is 2.88. The molecule has 0 fully saturated rings. The van der Waals surface area contributed by atoms with Crippen molar-refractivity contribution < 1.29 is 14.7 Å². The van der Waals surface area contributed by atoms with Gasteiger partial charge in [-0.05, 0) is 31.3 Å². The average molecular weight is 266 g/mol. The molecular weight excluding hydrogens is 243 g/mol. The van der Waals surface area contributed by atoms with Gasteiger partial charge in [-0.1, -0.05) is 26.8 Å². The van der Waals surface area contributed by atoms with Gasteiger partial charge in [0.25, 0.3) is 0 Å². The topological polar surface area (TPSA) is 54.4 Å². The van der Waals surface area contributed by atoms with Gasteiger partial charge >= 0.3 is 57.4 Å². The van der Waals surface area contributed by atoms with Crippen LogP contribution < -0.4 is 0 Å². The molecule has 0 bridgehead atoms. The van der Waals surface area contributed by atoms with E-state index in [4.69, 9.17) is 5.11 Å². The van der Waals surface area contributed by atoms with Crippen LogP contribution in [-0.4, -0.2) is 68.2 Å². The summed E-state index contributed by atoms with van der Waals surface area (Å²) in [5.41, 5.74) is 0. The molecule has 17 heavy (non-hydrogen) atoms. The molecule has 1 N–H and O–H groups in total. The minimum absolute atomic E-state index is 0. The summed E-state index contributed by atoms with van der Waals surface area (Å²) in [4.78, 5) is 22.2. The molecule has 1 atom stereocenters. The van der Waals surface area contributed by atoms with E-state index >= 15 is 0 Å². The molecule has 0 spiro atoms. The van der Waals surface area contributed by atoms with E-state index in [-0.39, 0.29) is 75.4 Å². The Kier molecular flexibility index (Phi) is 13.5. The first-order chi connectivity index (χ1) is 7.54. The molecule has 0 aromatic rings. The van der Waals surface area contributed by atoms with Gasteiger partial charge in [-0.15, -0.1) is 0 Å². The first-order valence-electron chi connectivity index (χ1n) is 5.98. The predicted molar refractivity (Wildman–Crippen MR) is 71.4 cm³/mol. The third-order valence-corrected chi connectivity index (χ3v) is 2.88. The third kappa shape index (κ3) is 9.14. The second kappa shape index (κ2) is 11.6. The molecule has 4 heteroatoms. The molecule has 0 amide bonds. The van der Waals surface area contributed by atoms with E-state index in [1.165, 1.54) is 0 Å². The van der Waals surface area contributed by atoms with E-state index in [0.29, 0.717) is 0 Å². The molecule has 0 saturated carbocycles. The summed E-state index contributed by atoms with van der Waals surface area (Å²) < 4.78 is 0. The minimum atomic E-state index is -0.813. The fourth-order valence-corrected chi connectivity index (χ4v) is 1.63. The van der Waals surface area contributed by atoms with Crippen LogP contribution in [0.3, 0.4) is 0 Å². The molecule has 0 radical (unpaired) electrons. The standard InChI is InChI=1S/C13H22O3.K.H/c1-4-10(9-13(15)16)7-8-12(14)11(5-2)6-3;;/h7-8,10-11H,4-6,9H2,1-3H3,(H,15,16);;/b8-7-;;. The Morgan fingerprint density at radius 1 is 1.12 bits per heavy atom. The molecule has 0 saturated heterocycles. The fraction of sp³-hybridized carbons (Fsp3) is 0.692. The van der Waals surface area contributed by atoms with Crippen LogP contribution in [0.1, 0.15) is 46.5 Å². The first kappa shape index (κ1) is 19.8. The molecule has 0 aliphatic rings. The zero-order chi connectivity index (χ0) is 12.6. The van der Waals surface area contributed by atoms with Gasteiger partial charge in [-0.3, -0.25) is 9.59 Å². The molecule has 0 heterocycles. The molecule has 3 nitrogen and oxygen atoms in total. The molecule has 0 aromatic carbocycles. The number of carboxylic acids is 1. The molecule has 1 unspecified atom stereocenters. The van der Waals surface area contributed by atoms with Gasteiger partial charge in [0, 0.05) is 5.92 Å². The molecule has 94 valence electrons. The van der Waals surface area contributed by atoms with Gasteiger partial charge < -0.3 is 5.11 Å². The number of hydrogen-bond donors (Lipinski definition) is 1. The maximum absolute atomic E-state index is 11.7. The second-order valence-electron chi connectivity index (χ2n) is 4.04. The number of allylic oxidation sites excluding steroid dienone is 2. The predicted octanol–water partition coefficient (Wildman–Crippen LogP) is 2.40. The van der Waals surface area contributed by atoms with Crippen LogP contribution in [0.5, 0.6) is 0 Å². The zero-order valence-corrected chi connectivity index (χ0v) is 10.4. The fourth-order valence-electron chi connectivity index (χ4n) is 1.63. The SMILES string of the molecule is CCC(/C=C\C(=O)C(CC)CC)CC(=O)O.[KH]. The number of carboxylic acid groups (broad SMARTS) is 1. The van der Waals surface area contributed by atoms with Gasteiger partial charge in [0.2, 0.25) is 0 Å². The van der Waals surface area contributed by atoms with Crippen molar-refractivity contribution in [3.05, 3.63) is 12.2 Å². The van der Waals surface area contributed by atoms with E-state index in [0.717, 1.165) is 19.3 Å². The summed E-state index contributed by atoms with van der Waals surface area (Å²) in [6.07, 6.45) is 5.84. The summed E-state index contributed by atoms with van der Waals surface area (Å²) in [5, 5.41) is 8.66. The molecule has 0 rings (SSSR count). The number of carbonyl (C=O) groups is 2. The van der Waals surface area contributed by atoms with Crippen molar-refractivity contribution >= 4 is 63.1 Å². The number of ketones is 1. The van der Waals surface area contributed by atoms with Crippen LogP contribution in [0.4, 0.5) is 0 Å². The number of hydrogen-bond acceptors (Lipinski definition) is 2. The Bertz CT molecular complexity index is 257. The molecular formula is C13H23KO3. The van der Waals surface area contributed by atoms with Gasteiger partial charge in [-0.2, -0.15) is 0 Å². The Morgan fingerprint density at radius 3 is 2.00 bits per heavy atom. The normalized spacial score (nSPS) is 12.5.